The van der Waals surface area contributed by atoms with Gasteiger partial charge in [0.2, 0.25) is 0 Å². The number of nitrogens with one attached hydrogen (secondary N) is 2. The molecule has 0 saturated carbocycles. The summed E-state index contributed by atoms with van der Waals surface area (Å²) in [6.45, 7) is 9.83. The third-order valence-corrected chi connectivity index (χ3v) is 4.54. The van der Waals surface area contributed by atoms with Crippen LogP contribution in [0.3, 0.4) is 0 Å². The van der Waals surface area contributed by atoms with E-state index >= 15 is 0 Å². The van der Waals surface area contributed by atoms with E-state index in [2.05, 4.69) is 41.4 Å². The number of carbonyl (C=O) groups is 1. The van der Waals surface area contributed by atoms with Crippen LogP contribution in [0.1, 0.15) is 37.7 Å². The van der Waals surface area contributed by atoms with Crippen LogP contribution in [0.4, 0.5) is 20.6 Å². The molecule has 6 nitrogen and oxygen atoms in total. The fourth-order valence-electron chi connectivity index (χ4n) is 2.87. The number of amides is 2. The average Bonchev–Trinajstić information content (AvgIpc) is 2.66. The maximum Gasteiger partial charge on any atom is 0.323 e. The van der Waals surface area contributed by atoms with E-state index in [0.29, 0.717) is 22.8 Å². The van der Waals surface area contributed by atoms with Crippen LogP contribution in [0, 0.1) is 19.7 Å². The van der Waals surface area contributed by atoms with E-state index in [9.17, 15) is 9.18 Å². The molecule has 0 saturated heterocycles. The van der Waals surface area contributed by atoms with Gasteiger partial charge in [-0.3, -0.25) is 0 Å². The minimum atomic E-state index is -0.504. The van der Waals surface area contributed by atoms with Gasteiger partial charge in [0, 0.05) is 5.69 Å². The third-order valence-electron chi connectivity index (χ3n) is 4.54. The van der Waals surface area contributed by atoms with E-state index in [4.69, 9.17) is 4.74 Å². The van der Waals surface area contributed by atoms with Crippen molar-refractivity contribution in [1.29, 1.82) is 0 Å². The number of urea groups is 1. The number of hydrogen-bond donors (Lipinski definition) is 2. The lowest BCUT2D eigenvalue weighted by Crippen LogP contribution is -2.21. The largest absolute Gasteiger partial charge is 0.421 e. The maximum absolute atomic E-state index is 13.8. The van der Waals surface area contributed by atoms with Crippen LogP contribution in [0.2, 0.25) is 0 Å². The molecule has 0 atom stereocenters. The summed E-state index contributed by atoms with van der Waals surface area (Å²) in [5, 5.41) is 5.57. The Labute approximate surface area is 175 Å². The minimum Gasteiger partial charge on any atom is -0.421 e. The van der Waals surface area contributed by atoms with Crippen molar-refractivity contribution < 1.29 is 13.9 Å². The normalized spacial score (nSPS) is 11.1. The van der Waals surface area contributed by atoms with Gasteiger partial charge in [0.15, 0.2) is 11.6 Å². The van der Waals surface area contributed by atoms with Crippen LogP contribution in [-0.4, -0.2) is 16.0 Å². The Morgan fingerprint density at radius 2 is 1.53 bits per heavy atom. The Kier molecular flexibility index (Phi) is 6.01. The summed E-state index contributed by atoms with van der Waals surface area (Å²) in [6, 6.07) is 13.3. The van der Waals surface area contributed by atoms with Crippen molar-refractivity contribution in [3.05, 3.63) is 71.3 Å². The minimum absolute atomic E-state index is 0.0128. The van der Waals surface area contributed by atoms with E-state index in [0.717, 1.165) is 0 Å². The van der Waals surface area contributed by atoms with Gasteiger partial charge in [0.25, 0.3) is 0 Å². The number of ether oxygens (including phenoxy) is 1. The van der Waals surface area contributed by atoms with E-state index in [1.165, 1.54) is 17.7 Å². The molecule has 2 N–H and O–H groups in total. The summed E-state index contributed by atoms with van der Waals surface area (Å²) < 4.78 is 19.2. The molecule has 30 heavy (non-hydrogen) atoms. The monoisotopic (exact) mass is 408 g/mol. The Hall–Kier alpha value is -3.48. The number of benzene rings is 2. The van der Waals surface area contributed by atoms with E-state index < -0.39 is 11.8 Å². The second-order valence-electron chi connectivity index (χ2n) is 7.99. The summed E-state index contributed by atoms with van der Waals surface area (Å²) >= 11 is 0. The van der Waals surface area contributed by atoms with Crippen molar-refractivity contribution in [3.8, 4) is 11.8 Å². The van der Waals surface area contributed by atoms with Gasteiger partial charge in [-0.2, -0.15) is 9.97 Å². The standard InChI is InChI=1S/C23H25FN4O2/c1-14-20(15(2)26-22(25-14)30-19-9-7-6-8-18(19)24)28-21(29)27-17-12-10-16(11-13-17)23(3,4)5/h6-13H,1-5H3,(H2,27,28,29). The van der Waals surface area contributed by atoms with Gasteiger partial charge < -0.3 is 15.4 Å². The number of nitrogens with zero attached hydrogens (tertiary/aromatic N) is 2. The first-order valence-corrected chi connectivity index (χ1v) is 9.59. The first-order valence-electron chi connectivity index (χ1n) is 9.59. The molecular weight excluding hydrogens is 383 g/mol. The highest BCUT2D eigenvalue weighted by atomic mass is 19.1. The van der Waals surface area contributed by atoms with Crippen molar-refractivity contribution in [2.24, 2.45) is 0 Å². The maximum atomic E-state index is 13.8. The zero-order valence-corrected chi connectivity index (χ0v) is 17.7. The Morgan fingerprint density at radius 3 is 2.10 bits per heavy atom. The van der Waals surface area contributed by atoms with Crippen LogP contribution in [-0.2, 0) is 5.41 Å². The second kappa shape index (κ2) is 8.49. The van der Waals surface area contributed by atoms with Gasteiger partial charge >= 0.3 is 12.0 Å². The van der Waals surface area contributed by atoms with Crippen LogP contribution in [0.25, 0.3) is 0 Å². The molecule has 0 bridgehead atoms. The molecule has 0 fully saturated rings. The molecule has 1 aromatic heterocycles. The van der Waals surface area contributed by atoms with Crippen molar-refractivity contribution >= 4 is 17.4 Å². The average molecular weight is 408 g/mol. The molecule has 0 unspecified atom stereocenters. The molecule has 1 heterocycles. The van der Waals surface area contributed by atoms with E-state index in [1.807, 2.05) is 24.3 Å². The Balaban J connectivity index is 1.70. The number of para-hydroxylation sites is 1. The fraction of sp³-hybridized carbons (Fsp3) is 0.261. The number of hydrogen-bond acceptors (Lipinski definition) is 4. The van der Waals surface area contributed by atoms with Gasteiger partial charge in [-0.1, -0.05) is 45.0 Å². The predicted molar refractivity (Wildman–Crippen MR) is 116 cm³/mol. The SMILES string of the molecule is Cc1nc(Oc2ccccc2F)nc(C)c1NC(=O)Nc1ccc(C(C)(C)C)cc1. The van der Waals surface area contributed by atoms with Gasteiger partial charge in [0.1, 0.15) is 0 Å². The van der Waals surface area contributed by atoms with Gasteiger partial charge in [-0.05, 0) is 49.1 Å². The molecule has 7 heteroatoms. The van der Waals surface area contributed by atoms with Crippen LogP contribution in [0.5, 0.6) is 11.8 Å². The van der Waals surface area contributed by atoms with E-state index in [-0.39, 0.29) is 17.2 Å². The van der Waals surface area contributed by atoms with Crippen LogP contribution in [0.15, 0.2) is 48.5 Å². The van der Waals surface area contributed by atoms with Crippen LogP contribution >= 0.6 is 0 Å². The quantitative estimate of drug-likeness (QED) is 0.558. The van der Waals surface area contributed by atoms with Crippen LogP contribution < -0.4 is 15.4 Å². The number of halogens is 1. The van der Waals surface area contributed by atoms with Gasteiger partial charge in [-0.25, -0.2) is 9.18 Å². The molecule has 3 aromatic rings. The highest BCUT2D eigenvalue weighted by molar-refractivity contribution is 6.00. The highest BCUT2D eigenvalue weighted by Crippen LogP contribution is 2.26. The Bertz CT molecular complexity index is 1040. The molecule has 2 amide bonds. The number of carbonyl (C=O) groups excluding carboxylic acids is 1. The van der Waals surface area contributed by atoms with Gasteiger partial charge in [0.05, 0.1) is 17.1 Å². The summed E-state index contributed by atoms with van der Waals surface area (Å²) in [7, 11) is 0. The zero-order valence-electron chi connectivity index (χ0n) is 17.7. The summed E-state index contributed by atoms with van der Waals surface area (Å²) in [4.78, 5) is 20.9. The molecule has 0 aliphatic rings. The lowest BCUT2D eigenvalue weighted by atomic mass is 9.87. The number of rotatable bonds is 4. The summed E-state index contributed by atoms with van der Waals surface area (Å²) in [5.41, 5.74) is 3.38. The molecule has 0 aliphatic carbocycles. The molecule has 0 radical (unpaired) electrons. The summed E-state index contributed by atoms with van der Waals surface area (Å²) in [5.74, 6) is -0.469. The number of anilines is 2. The van der Waals surface area contributed by atoms with Gasteiger partial charge in [-0.15, -0.1) is 0 Å². The lowest BCUT2D eigenvalue weighted by Gasteiger charge is -2.19. The lowest BCUT2D eigenvalue weighted by molar-refractivity contribution is 0.262. The summed E-state index contributed by atoms with van der Waals surface area (Å²) in [6.07, 6.45) is 0. The van der Waals surface area contributed by atoms with Crippen molar-refractivity contribution in [3.63, 3.8) is 0 Å². The molecule has 156 valence electrons. The second-order valence-corrected chi connectivity index (χ2v) is 7.99. The van der Waals surface area contributed by atoms with Crippen molar-refractivity contribution in [2.75, 3.05) is 10.6 Å². The molecule has 0 spiro atoms. The number of aromatic nitrogens is 2. The highest BCUT2D eigenvalue weighted by Gasteiger charge is 2.15. The van der Waals surface area contributed by atoms with Crippen molar-refractivity contribution in [1.82, 2.24) is 9.97 Å². The number of aryl methyl sites for hydroxylation is 2. The molecular formula is C23H25FN4O2. The zero-order chi connectivity index (χ0) is 21.9. The molecule has 2 aromatic carbocycles. The van der Waals surface area contributed by atoms with Crippen molar-refractivity contribution in [2.45, 2.75) is 40.0 Å². The predicted octanol–water partition coefficient (Wildman–Crippen LogP) is 5.97. The Morgan fingerprint density at radius 1 is 0.933 bits per heavy atom. The molecule has 3 rings (SSSR count). The fourth-order valence-corrected chi connectivity index (χ4v) is 2.87. The topological polar surface area (TPSA) is 76.1 Å². The third kappa shape index (κ3) is 5.11. The van der Waals surface area contributed by atoms with E-state index in [1.54, 1.807) is 26.0 Å². The first-order chi connectivity index (χ1) is 14.1. The smallest absolute Gasteiger partial charge is 0.323 e. The molecule has 0 aliphatic heterocycles. The first kappa shape index (κ1) is 21.2.